The van der Waals surface area contributed by atoms with Crippen LogP contribution in [-0.2, 0) is 6.42 Å². The molecule has 0 heterocycles. The average Bonchev–Trinajstić information content (AvgIpc) is 2.45. The van der Waals surface area contributed by atoms with Crippen LogP contribution in [0.5, 0.6) is 0 Å². The van der Waals surface area contributed by atoms with Gasteiger partial charge in [0.05, 0.1) is 0 Å². The summed E-state index contributed by atoms with van der Waals surface area (Å²) in [7, 11) is 0.756. The molecule has 0 aliphatic heterocycles. The van der Waals surface area contributed by atoms with Crippen molar-refractivity contribution in [3.8, 4) is 0 Å². The Balaban J connectivity index is 2.18. The second kappa shape index (κ2) is 7.41. The van der Waals surface area contributed by atoms with E-state index < -0.39 is 0 Å². The lowest BCUT2D eigenvalue weighted by Crippen LogP contribution is -2.11. The van der Waals surface area contributed by atoms with Crippen LogP contribution in [0.1, 0.15) is 29.5 Å². The molecular formula is C19H23P. The minimum Gasteiger partial charge on any atom is -0.103 e. The molecular weight excluding hydrogens is 259 g/mol. The molecule has 0 N–H and O–H groups in total. The predicted molar refractivity (Wildman–Crippen MR) is 93.1 cm³/mol. The van der Waals surface area contributed by atoms with Crippen LogP contribution in [0.25, 0.3) is 0 Å². The smallest absolute Gasteiger partial charge is 0.0194 e. The van der Waals surface area contributed by atoms with E-state index in [0.29, 0.717) is 0 Å². The van der Waals surface area contributed by atoms with Crippen LogP contribution in [0.2, 0.25) is 0 Å². The van der Waals surface area contributed by atoms with Crippen molar-refractivity contribution in [2.45, 2.75) is 33.1 Å². The highest BCUT2D eigenvalue weighted by Gasteiger charge is 2.06. The van der Waals surface area contributed by atoms with E-state index in [9.17, 15) is 0 Å². The molecule has 0 bridgehead atoms. The molecule has 1 heteroatoms. The van der Waals surface area contributed by atoms with Gasteiger partial charge in [-0.25, -0.2) is 0 Å². The van der Waals surface area contributed by atoms with Crippen LogP contribution >= 0.6 is 8.58 Å². The van der Waals surface area contributed by atoms with Crippen molar-refractivity contribution < 1.29 is 0 Å². The van der Waals surface area contributed by atoms with Gasteiger partial charge in [0.15, 0.2) is 0 Å². The van der Waals surface area contributed by atoms with E-state index in [1.807, 2.05) is 6.08 Å². The molecule has 0 spiro atoms. The van der Waals surface area contributed by atoms with Gasteiger partial charge in [-0.1, -0.05) is 57.1 Å². The van der Waals surface area contributed by atoms with Crippen molar-refractivity contribution in [1.29, 1.82) is 0 Å². The molecule has 0 aliphatic rings. The van der Waals surface area contributed by atoms with Gasteiger partial charge in [-0.2, -0.15) is 0 Å². The Morgan fingerprint density at radius 3 is 2.50 bits per heavy atom. The minimum atomic E-state index is 0.756. The Morgan fingerprint density at radius 2 is 1.75 bits per heavy atom. The first-order valence-electron chi connectivity index (χ1n) is 7.24. The quantitative estimate of drug-likeness (QED) is 0.417. The lowest BCUT2D eigenvalue weighted by atomic mass is 10.0. The number of rotatable bonds is 6. The van der Waals surface area contributed by atoms with Crippen molar-refractivity contribution in [2.24, 2.45) is 0 Å². The molecule has 2 aromatic carbocycles. The maximum Gasteiger partial charge on any atom is -0.0194 e. The fourth-order valence-electron chi connectivity index (χ4n) is 2.38. The number of unbranched alkanes of at least 4 members (excludes halogenated alkanes) is 1. The van der Waals surface area contributed by atoms with Crippen molar-refractivity contribution in [2.75, 3.05) is 0 Å². The van der Waals surface area contributed by atoms with Crippen molar-refractivity contribution in [1.82, 2.24) is 0 Å². The molecule has 0 saturated carbocycles. The molecule has 0 fully saturated rings. The monoisotopic (exact) mass is 282 g/mol. The summed E-state index contributed by atoms with van der Waals surface area (Å²) in [5, 5.41) is 2.94. The highest BCUT2D eigenvalue weighted by atomic mass is 31.1. The molecule has 0 amide bonds. The zero-order valence-electron chi connectivity index (χ0n) is 12.4. The number of hydrogen-bond acceptors (Lipinski definition) is 0. The number of allylic oxidation sites excluding steroid dienone is 1. The van der Waals surface area contributed by atoms with Gasteiger partial charge in [0.25, 0.3) is 0 Å². The van der Waals surface area contributed by atoms with E-state index in [1.165, 1.54) is 33.7 Å². The van der Waals surface area contributed by atoms with Gasteiger partial charge in [-0.3, -0.25) is 0 Å². The molecule has 0 radical (unpaired) electrons. The van der Waals surface area contributed by atoms with Crippen LogP contribution in [0.3, 0.4) is 0 Å². The molecule has 104 valence electrons. The highest BCUT2D eigenvalue weighted by Crippen LogP contribution is 2.19. The van der Waals surface area contributed by atoms with E-state index in [2.05, 4.69) is 62.9 Å². The van der Waals surface area contributed by atoms with Gasteiger partial charge in [0, 0.05) is 0 Å². The molecule has 0 aliphatic carbocycles. The van der Waals surface area contributed by atoms with Crippen LogP contribution < -0.4 is 10.6 Å². The summed E-state index contributed by atoms with van der Waals surface area (Å²) < 4.78 is 0. The lowest BCUT2D eigenvalue weighted by Gasteiger charge is -2.12. The van der Waals surface area contributed by atoms with Crippen molar-refractivity contribution in [3.05, 3.63) is 71.8 Å². The Labute approximate surface area is 124 Å². The number of hydrogen-bond donors (Lipinski definition) is 0. The molecule has 0 saturated heterocycles. The maximum atomic E-state index is 3.80. The fourth-order valence-corrected chi connectivity index (χ4v) is 3.66. The van der Waals surface area contributed by atoms with E-state index >= 15 is 0 Å². The lowest BCUT2D eigenvalue weighted by molar-refractivity contribution is 0.840. The third-order valence-electron chi connectivity index (χ3n) is 3.71. The van der Waals surface area contributed by atoms with Gasteiger partial charge in [0.2, 0.25) is 0 Å². The number of aryl methyl sites for hydroxylation is 2. The maximum absolute atomic E-state index is 3.80. The third kappa shape index (κ3) is 3.81. The Kier molecular flexibility index (Phi) is 5.56. The van der Waals surface area contributed by atoms with Crippen LogP contribution in [0.4, 0.5) is 0 Å². The van der Waals surface area contributed by atoms with Gasteiger partial charge in [-0.05, 0) is 60.4 Å². The summed E-state index contributed by atoms with van der Waals surface area (Å²) in [6.45, 7) is 8.27. The summed E-state index contributed by atoms with van der Waals surface area (Å²) in [5.74, 6) is 0. The first-order valence-corrected chi connectivity index (χ1v) is 8.24. The van der Waals surface area contributed by atoms with Gasteiger partial charge >= 0.3 is 0 Å². The summed E-state index contributed by atoms with van der Waals surface area (Å²) >= 11 is 0. The Bertz CT molecular complexity index is 584. The van der Waals surface area contributed by atoms with Crippen LogP contribution in [0.15, 0.2) is 55.1 Å². The molecule has 1 unspecified atom stereocenters. The average molecular weight is 282 g/mol. The van der Waals surface area contributed by atoms with E-state index in [-0.39, 0.29) is 0 Å². The highest BCUT2D eigenvalue weighted by molar-refractivity contribution is 7.55. The largest absolute Gasteiger partial charge is 0.103 e. The van der Waals surface area contributed by atoms with Gasteiger partial charge in [0.1, 0.15) is 0 Å². The molecule has 20 heavy (non-hydrogen) atoms. The Morgan fingerprint density at radius 1 is 1.00 bits per heavy atom. The van der Waals surface area contributed by atoms with Gasteiger partial charge in [-0.15, -0.1) is 6.58 Å². The normalized spacial score (nSPS) is 11.1. The molecule has 2 aromatic rings. The molecule has 0 nitrogen and oxygen atoms in total. The Hall–Kier alpha value is -1.39. The SMILES string of the molecule is C=CCCCc1cccc(Pc2ccccc2C)c1C. The minimum absolute atomic E-state index is 0.756. The standard InChI is InChI=1S/C19H23P/c1-4-5-6-11-17-12-9-14-19(16(17)3)20-18-13-8-7-10-15(18)2/h4,7-10,12-14,20H,1,5-6,11H2,2-3H3. The van der Waals surface area contributed by atoms with E-state index in [0.717, 1.165) is 21.4 Å². The second-order valence-corrected chi connectivity index (χ2v) is 6.54. The second-order valence-electron chi connectivity index (χ2n) is 5.21. The number of benzene rings is 2. The van der Waals surface area contributed by atoms with E-state index in [4.69, 9.17) is 0 Å². The summed E-state index contributed by atoms with van der Waals surface area (Å²) in [4.78, 5) is 0. The molecule has 2 rings (SSSR count). The zero-order valence-corrected chi connectivity index (χ0v) is 13.4. The fraction of sp³-hybridized carbons (Fsp3) is 0.263. The molecule has 1 atom stereocenters. The summed E-state index contributed by atoms with van der Waals surface area (Å²) in [5.41, 5.74) is 4.35. The third-order valence-corrected chi connectivity index (χ3v) is 5.36. The topological polar surface area (TPSA) is 0 Å². The first-order chi connectivity index (χ1) is 9.72. The van der Waals surface area contributed by atoms with Crippen LogP contribution in [-0.4, -0.2) is 0 Å². The first kappa shape index (κ1) is 15.0. The predicted octanol–water partition coefficient (Wildman–Crippen LogP) is 4.44. The summed E-state index contributed by atoms with van der Waals surface area (Å²) in [6.07, 6.45) is 5.46. The zero-order chi connectivity index (χ0) is 14.4. The van der Waals surface area contributed by atoms with Crippen molar-refractivity contribution in [3.63, 3.8) is 0 Å². The van der Waals surface area contributed by atoms with Gasteiger partial charge < -0.3 is 0 Å². The molecule has 0 aromatic heterocycles. The van der Waals surface area contributed by atoms with Crippen molar-refractivity contribution >= 4 is 19.2 Å². The summed E-state index contributed by atoms with van der Waals surface area (Å²) in [6, 6.07) is 15.4. The van der Waals surface area contributed by atoms with E-state index in [1.54, 1.807) is 0 Å². The van der Waals surface area contributed by atoms with Crippen LogP contribution in [0, 0.1) is 13.8 Å².